The lowest BCUT2D eigenvalue weighted by atomic mass is 9.83. The van der Waals surface area contributed by atoms with Gasteiger partial charge >= 0.3 is 6.03 Å². The highest BCUT2D eigenvalue weighted by molar-refractivity contribution is 7.95. The van der Waals surface area contributed by atoms with Gasteiger partial charge in [0.1, 0.15) is 23.1 Å². The van der Waals surface area contributed by atoms with E-state index in [1.807, 2.05) is 0 Å². The molecule has 2 unspecified atom stereocenters. The van der Waals surface area contributed by atoms with Gasteiger partial charge in [0.05, 0.1) is 12.8 Å². The molecule has 0 radical (unpaired) electrons. The smallest absolute Gasteiger partial charge is 0.354 e. The second-order valence-corrected chi connectivity index (χ2v) is 28.6. The lowest BCUT2D eigenvalue weighted by molar-refractivity contribution is 0.00244. The third kappa shape index (κ3) is 6.64. The van der Waals surface area contributed by atoms with Gasteiger partial charge in [0.15, 0.2) is 18.2 Å². The van der Waals surface area contributed by atoms with Crippen LogP contribution in [0.1, 0.15) is 82.1 Å². The number of rotatable bonds is 8. The van der Waals surface area contributed by atoms with E-state index >= 15 is 0 Å². The highest BCUT2D eigenvalue weighted by atomic mass is 32.2. The van der Waals surface area contributed by atoms with Gasteiger partial charge in [-0.1, -0.05) is 60.7 Å². The molecule has 0 fully saturated rings. The Hall–Kier alpha value is -1.42. The number of carbonyl (C=O) groups excluding carboxylic acids is 1. The molecule has 0 saturated carbocycles. The maximum absolute atomic E-state index is 14.8. The van der Waals surface area contributed by atoms with E-state index in [9.17, 15) is 14.1 Å². The molecule has 2 aliphatic rings. The van der Waals surface area contributed by atoms with Crippen LogP contribution in [0.5, 0.6) is 0 Å². The predicted molar refractivity (Wildman–Crippen MR) is 179 cm³/mol. The van der Waals surface area contributed by atoms with Crippen LogP contribution in [-0.2, 0) is 45.6 Å². The van der Waals surface area contributed by atoms with Gasteiger partial charge in [-0.25, -0.2) is 18.4 Å². The van der Waals surface area contributed by atoms with E-state index in [1.54, 1.807) is 6.92 Å². The fourth-order valence-electron chi connectivity index (χ4n) is 4.69. The summed E-state index contributed by atoms with van der Waals surface area (Å²) in [7, 11) is -7.94. The number of hydrogen-bond donors (Lipinski definition) is 3. The van der Waals surface area contributed by atoms with Gasteiger partial charge in [-0.15, -0.1) is 15.7 Å². The fraction of sp³-hybridized carbons (Fsp3) is 0.667. The number of benzene rings is 1. The second kappa shape index (κ2) is 11.2. The monoisotopic (exact) mass is 650 g/mol. The number of hydrogen-bond acceptors (Lipinski definition) is 6. The number of nitrogens with zero attached hydrogens (tertiary/aromatic N) is 2. The third-order valence-corrected chi connectivity index (χ3v) is 24.1. The Morgan fingerprint density at radius 3 is 2.21 bits per heavy atom. The summed E-state index contributed by atoms with van der Waals surface area (Å²) >= 11 is 1.13. The van der Waals surface area contributed by atoms with Gasteiger partial charge in [-0.05, 0) is 84.5 Å². The number of anilines is 1. The normalized spacial score (nSPS) is 18.4. The lowest BCUT2D eigenvalue weighted by Crippen LogP contribution is -2.54. The predicted octanol–water partition coefficient (Wildman–Crippen LogP) is 7.53. The first-order valence-corrected chi connectivity index (χ1v) is 23.2. The van der Waals surface area contributed by atoms with Crippen molar-refractivity contribution in [2.24, 2.45) is 4.36 Å². The average Bonchev–Trinajstić information content (AvgIpc) is 3.48. The van der Waals surface area contributed by atoms with Crippen LogP contribution in [-0.4, -0.2) is 43.5 Å². The molecule has 1 aromatic heterocycles. The highest BCUT2D eigenvalue weighted by Crippen LogP contribution is 2.41. The van der Waals surface area contributed by atoms with E-state index in [0.29, 0.717) is 9.22 Å². The van der Waals surface area contributed by atoms with Crippen molar-refractivity contribution >= 4 is 49.5 Å². The number of urea groups is 1. The molecule has 1 heterocycles. The molecule has 0 saturated heterocycles. The fourth-order valence-corrected chi connectivity index (χ4v) is 12.8. The largest absolute Gasteiger partial charge is 0.413 e. The van der Waals surface area contributed by atoms with Crippen molar-refractivity contribution in [3.05, 3.63) is 39.5 Å². The molecule has 0 aliphatic heterocycles. The first kappa shape index (κ1) is 33.5. The quantitative estimate of drug-likeness (QED) is 0.256. The number of thiazole rings is 1. The molecule has 2 aromatic rings. The summed E-state index contributed by atoms with van der Waals surface area (Å²) in [5.74, 6) is 0. The number of aryl methyl sites for hydroxylation is 2. The van der Waals surface area contributed by atoms with E-state index in [2.05, 4.69) is 92.8 Å². The third-order valence-electron chi connectivity index (χ3n) is 9.69. The zero-order chi connectivity index (χ0) is 31.5. The summed E-state index contributed by atoms with van der Waals surface area (Å²) in [5.41, 5.74) is 4.45. The van der Waals surface area contributed by atoms with Crippen LogP contribution in [0.15, 0.2) is 20.8 Å². The topological polar surface area (TPSA) is 113 Å². The molecule has 42 heavy (non-hydrogen) atoms. The molecule has 234 valence electrons. The van der Waals surface area contributed by atoms with Crippen LogP contribution in [0.2, 0.25) is 36.3 Å². The summed E-state index contributed by atoms with van der Waals surface area (Å²) in [5, 5.41) is 14.7. The minimum atomic E-state index is -3.42. The lowest BCUT2D eigenvalue weighted by Gasteiger charge is -2.38. The van der Waals surface area contributed by atoms with Crippen molar-refractivity contribution in [3.8, 4) is 0 Å². The Labute approximate surface area is 259 Å². The summed E-state index contributed by atoms with van der Waals surface area (Å²) in [6.07, 6.45) is 6.47. The van der Waals surface area contributed by atoms with Crippen molar-refractivity contribution < 1.29 is 18.5 Å². The Morgan fingerprint density at radius 1 is 1.02 bits per heavy atom. The molecule has 2 aliphatic carbocycles. The summed E-state index contributed by atoms with van der Waals surface area (Å²) < 4.78 is 29.2. The second-order valence-electron chi connectivity index (χ2n) is 15.2. The van der Waals surface area contributed by atoms with Crippen molar-refractivity contribution in [2.45, 2.75) is 127 Å². The zero-order valence-corrected chi connectivity index (χ0v) is 30.9. The molecule has 3 N–H and O–H groups in total. The minimum absolute atomic E-state index is 0.00918. The Morgan fingerprint density at radius 2 is 1.64 bits per heavy atom. The molecular weight excluding hydrogens is 601 g/mol. The van der Waals surface area contributed by atoms with Crippen LogP contribution >= 0.6 is 11.3 Å². The number of carbonyl (C=O) groups is 1. The Bertz CT molecular complexity index is 1490. The van der Waals surface area contributed by atoms with Crippen LogP contribution in [0.4, 0.5) is 10.5 Å². The average molecular weight is 651 g/mol. The van der Waals surface area contributed by atoms with Crippen LogP contribution < -0.4 is 9.70 Å². The van der Waals surface area contributed by atoms with Crippen LogP contribution in [0.3, 0.4) is 0 Å². The van der Waals surface area contributed by atoms with Crippen LogP contribution in [0.25, 0.3) is 0 Å². The minimum Gasteiger partial charge on any atom is -0.413 e. The van der Waals surface area contributed by atoms with E-state index in [0.717, 1.165) is 49.1 Å². The van der Waals surface area contributed by atoms with Gasteiger partial charge in [0.2, 0.25) is 0 Å². The van der Waals surface area contributed by atoms with Gasteiger partial charge in [0.25, 0.3) is 0 Å². The number of aliphatic hydroxyl groups is 1. The first-order valence-electron chi connectivity index (χ1n) is 14.9. The number of fused-ring (bicyclic) bond motifs is 2. The van der Waals surface area contributed by atoms with E-state index in [4.69, 9.17) is 4.43 Å². The van der Waals surface area contributed by atoms with E-state index in [-0.39, 0.29) is 16.7 Å². The number of amides is 2. The maximum Gasteiger partial charge on any atom is 0.354 e. The molecule has 8 nitrogen and oxygen atoms in total. The molecule has 4 rings (SSSR count). The Kier molecular flexibility index (Phi) is 8.92. The highest BCUT2D eigenvalue weighted by Gasteiger charge is 2.42. The van der Waals surface area contributed by atoms with E-state index in [1.165, 1.54) is 28.5 Å². The molecule has 0 spiro atoms. The summed E-state index contributed by atoms with van der Waals surface area (Å²) in [6.45, 7) is 23.0. The molecule has 2 amide bonds. The van der Waals surface area contributed by atoms with Gasteiger partial charge in [-0.3, -0.25) is 0 Å². The van der Waals surface area contributed by atoms with Gasteiger partial charge in [-0.2, -0.15) is 0 Å². The molecular formula is C30H50N4O4S2Si2. The zero-order valence-electron chi connectivity index (χ0n) is 27.3. The van der Waals surface area contributed by atoms with Gasteiger partial charge < -0.3 is 14.8 Å². The maximum atomic E-state index is 14.8. The number of aromatic nitrogens is 1. The standard InChI is InChI=1S/C30H50N4O4S2Si2/c1-28(2,3)41(8,9)34-40(37,24-18-31-26(39-24)30(7,36)19-38-42(10,11)29(4,5)6)33-27(35)32-25-22-14-12-13-20(22)17-21-15-16-23(21)25/h17-18,36H,12-16,19H2,1-11H3,(H2,32,33,34,35,37). The van der Waals surface area contributed by atoms with Gasteiger partial charge in [0, 0.05) is 5.69 Å². The number of nitrogens with one attached hydrogen (secondary N) is 2. The van der Waals surface area contributed by atoms with Crippen LogP contribution in [0, 0.1) is 0 Å². The van der Waals surface area contributed by atoms with E-state index < -0.39 is 38.1 Å². The SMILES string of the molecule is CC(O)(CO[Si](C)(C)C(C)(C)C)c1ncc(S(=O)(=NC(=O)Nc2c3c(cc4c2CC4)CCC3)N[Si](C)(C)C(C)(C)C)s1. The van der Waals surface area contributed by atoms with Crippen molar-refractivity contribution in [2.75, 3.05) is 11.9 Å². The summed E-state index contributed by atoms with van der Waals surface area (Å²) in [4.78, 5) is 18.1. The Balaban J connectivity index is 1.69. The molecule has 2 atom stereocenters. The first-order chi connectivity index (χ1) is 19.1. The molecule has 1 aromatic carbocycles. The molecule has 12 heteroatoms. The van der Waals surface area contributed by atoms with Crippen molar-refractivity contribution in [1.29, 1.82) is 0 Å². The van der Waals surface area contributed by atoms with Crippen molar-refractivity contribution in [1.82, 2.24) is 9.37 Å². The summed E-state index contributed by atoms with van der Waals surface area (Å²) in [6, 6.07) is 1.67. The van der Waals surface area contributed by atoms with Crippen molar-refractivity contribution in [3.63, 3.8) is 0 Å². The molecule has 0 bridgehead atoms.